The molecule has 5 nitrogen and oxygen atoms in total. The average Bonchev–Trinajstić information content (AvgIpc) is 2.31. The molecule has 0 aliphatic rings. The number of rotatable bonds is 4. The minimum atomic E-state index is -3.68. The van der Waals surface area contributed by atoms with Crippen molar-refractivity contribution in [1.82, 2.24) is 0 Å². The fourth-order valence-electron chi connectivity index (χ4n) is 1.35. The number of anilines is 1. The molecular formula is C13H14N2O3S. The summed E-state index contributed by atoms with van der Waals surface area (Å²) in [7, 11) is -3.68. The van der Waals surface area contributed by atoms with Gasteiger partial charge in [0.15, 0.2) is 5.75 Å². The Kier molecular flexibility index (Phi) is 5.37. The highest BCUT2D eigenvalue weighted by molar-refractivity contribution is 7.92. The molecule has 0 saturated heterocycles. The van der Waals surface area contributed by atoms with E-state index in [2.05, 4.69) is 16.6 Å². The summed E-state index contributed by atoms with van der Waals surface area (Å²) in [6.45, 7) is 1.78. The fraction of sp³-hybridized carbons (Fsp3) is 0.308. The van der Waals surface area contributed by atoms with Gasteiger partial charge in [-0.1, -0.05) is 17.9 Å². The number of aliphatic hydroxyl groups is 1. The van der Waals surface area contributed by atoms with Gasteiger partial charge < -0.3 is 5.11 Å². The van der Waals surface area contributed by atoms with Crippen molar-refractivity contribution in [3.63, 3.8) is 0 Å². The first-order valence-corrected chi connectivity index (χ1v) is 7.21. The van der Waals surface area contributed by atoms with Crippen LogP contribution in [0, 0.1) is 30.1 Å². The monoisotopic (exact) mass is 278 g/mol. The van der Waals surface area contributed by atoms with Gasteiger partial charge in [-0.25, -0.2) is 8.42 Å². The van der Waals surface area contributed by atoms with Crippen LogP contribution in [-0.4, -0.2) is 25.9 Å². The van der Waals surface area contributed by atoms with Gasteiger partial charge in [-0.3, -0.25) is 4.72 Å². The Morgan fingerprint density at radius 3 is 2.79 bits per heavy atom. The summed E-state index contributed by atoms with van der Waals surface area (Å²) in [4.78, 5) is 0. The molecule has 1 rings (SSSR count). The molecule has 0 radical (unpaired) electrons. The fourth-order valence-corrected chi connectivity index (χ4v) is 2.10. The third-order valence-corrected chi connectivity index (χ3v) is 3.20. The Labute approximate surface area is 112 Å². The summed E-state index contributed by atoms with van der Waals surface area (Å²) in [5.74, 6) is 4.91. The van der Waals surface area contributed by atoms with Crippen molar-refractivity contribution in [1.29, 1.82) is 5.26 Å². The van der Waals surface area contributed by atoms with E-state index in [9.17, 15) is 8.42 Å². The van der Waals surface area contributed by atoms with Gasteiger partial charge in [-0.2, -0.15) is 5.26 Å². The Hall–Kier alpha value is -2.02. The van der Waals surface area contributed by atoms with E-state index in [1.54, 1.807) is 18.2 Å². The van der Waals surface area contributed by atoms with E-state index < -0.39 is 15.8 Å². The third-order valence-electron chi connectivity index (χ3n) is 2.15. The number of hydrogen-bond donors (Lipinski definition) is 2. The lowest BCUT2D eigenvalue weighted by Crippen LogP contribution is -2.16. The van der Waals surface area contributed by atoms with E-state index in [0.717, 1.165) is 5.56 Å². The molecule has 0 saturated carbocycles. The normalized spacial score (nSPS) is 10.2. The van der Waals surface area contributed by atoms with Crippen molar-refractivity contribution in [2.45, 2.75) is 13.3 Å². The molecule has 0 aromatic heterocycles. The lowest BCUT2D eigenvalue weighted by Gasteiger charge is -2.08. The second-order valence-electron chi connectivity index (χ2n) is 3.84. The van der Waals surface area contributed by atoms with Crippen molar-refractivity contribution in [3.05, 3.63) is 29.3 Å². The maximum atomic E-state index is 11.6. The number of benzene rings is 1. The Morgan fingerprint density at radius 1 is 1.42 bits per heavy atom. The Bertz CT molecular complexity index is 649. The lowest BCUT2D eigenvalue weighted by atomic mass is 10.1. The number of aryl methyl sites for hydroxylation is 1. The van der Waals surface area contributed by atoms with Crippen LogP contribution in [0.25, 0.3) is 0 Å². The van der Waals surface area contributed by atoms with Crippen LogP contribution in [0.1, 0.15) is 17.5 Å². The van der Waals surface area contributed by atoms with Crippen LogP contribution in [0.15, 0.2) is 18.2 Å². The summed E-state index contributed by atoms with van der Waals surface area (Å²) in [6.07, 6.45) is 0.318. The van der Waals surface area contributed by atoms with Crippen LogP contribution in [0.4, 0.5) is 5.69 Å². The summed E-state index contributed by atoms with van der Waals surface area (Å²) in [5.41, 5.74) is 1.74. The molecule has 0 fully saturated rings. The highest BCUT2D eigenvalue weighted by Gasteiger charge is 2.11. The predicted octanol–water partition coefficient (Wildman–Crippen LogP) is 0.994. The highest BCUT2D eigenvalue weighted by atomic mass is 32.2. The first-order valence-electron chi connectivity index (χ1n) is 5.56. The molecule has 0 atom stereocenters. The van der Waals surface area contributed by atoms with Crippen LogP contribution in [0.3, 0.4) is 0 Å². The summed E-state index contributed by atoms with van der Waals surface area (Å²) in [6, 6.07) is 6.75. The first kappa shape index (κ1) is 15.0. The topological polar surface area (TPSA) is 90.2 Å². The van der Waals surface area contributed by atoms with Crippen LogP contribution >= 0.6 is 0 Å². The van der Waals surface area contributed by atoms with Crippen molar-refractivity contribution in [2.75, 3.05) is 17.1 Å². The summed E-state index contributed by atoms with van der Waals surface area (Å²) >= 11 is 0. The van der Waals surface area contributed by atoms with Gasteiger partial charge in [0.2, 0.25) is 10.0 Å². The molecule has 100 valence electrons. The summed E-state index contributed by atoms with van der Waals surface area (Å²) in [5, 5.41) is 17.1. The lowest BCUT2D eigenvalue weighted by molar-refractivity contribution is 0.305. The van der Waals surface area contributed by atoms with Crippen molar-refractivity contribution in [2.24, 2.45) is 0 Å². The molecule has 0 amide bonds. The molecule has 2 N–H and O–H groups in total. The number of nitriles is 1. The van der Waals surface area contributed by atoms with E-state index in [1.165, 1.54) is 0 Å². The standard InChI is InChI=1S/C13H14N2O3S/c1-11-5-6-12(4-2-3-8-16)13(10-11)15-19(17,18)9-7-14/h5-6,10,15-16H,3,8-9H2,1H3. The zero-order valence-electron chi connectivity index (χ0n) is 10.5. The van der Waals surface area contributed by atoms with Crippen molar-refractivity contribution < 1.29 is 13.5 Å². The molecule has 0 heterocycles. The van der Waals surface area contributed by atoms with Crippen LogP contribution < -0.4 is 4.72 Å². The predicted molar refractivity (Wildman–Crippen MR) is 72.8 cm³/mol. The third kappa shape index (κ3) is 5.01. The Morgan fingerprint density at radius 2 is 2.16 bits per heavy atom. The molecular weight excluding hydrogens is 264 g/mol. The minimum Gasteiger partial charge on any atom is -0.395 e. The molecule has 0 aliphatic heterocycles. The van der Waals surface area contributed by atoms with Gasteiger partial charge in [0.1, 0.15) is 0 Å². The van der Waals surface area contributed by atoms with Crippen LogP contribution in [0.5, 0.6) is 0 Å². The molecule has 0 aliphatic carbocycles. The van der Waals surface area contributed by atoms with Gasteiger partial charge in [0.05, 0.1) is 18.4 Å². The number of hydrogen-bond acceptors (Lipinski definition) is 4. The van der Waals surface area contributed by atoms with Gasteiger partial charge >= 0.3 is 0 Å². The molecule has 0 unspecified atom stereocenters. The second kappa shape index (κ2) is 6.79. The Balaban J connectivity index is 3.09. The van der Waals surface area contributed by atoms with E-state index in [0.29, 0.717) is 17.7 Å². The van der Waals surface area contributed by atoms with Crippen molar-refractivity contribution >= 4 is 15.7 Å². The number of nitrogens with zero attached hydrogens (tertiary/aromatic N) is 1. The summed E-state index contributed by atoms with van der Waals surface area (Å²) < 4.78 is 25.5. The van der Waals surface area contributed by atoms with Crippen molar-refractivity contribution in [3.8, 4) is 17.9 Å². The molecule has 1 aromatic rings. The number of sulfonamides is 1. The molecule has 0 bridgehead atoms. The van der Waals surface area contributed by atoms with Gasteiger partial charge in [0, 0.05) is 12.0 Å². The number of nitrogens with one attached hydrogen (secondary N) is 1. The van der Waals surface area contributed by atoms with E-state index in [4.69, 9.17) is 10.4 Å². The highest BCUT2D eigenvalue weighted by Crippen LogP contribution is 2.18. The SMILES string of the molecule is Cc1ccc(C#CCCO)c(NS(=O)(=O)CC#N)c1. The average molecular weight is 278 g/mol. The van der Waals surface area contributed by atoms with E-state index in [1.807, 2.05) is 13.0 Å². The van der Waals surface area contributed by atoms with Gasteiger partial charge in [0.25, 0.3) is 0 Å². The zero-order chi connectivity index (χ0) is 14.3. The molecule has 0 spiro atoms. The maximum absolute atomic E-state index is 11.6. The maximum Gasteiger partial charge on any atom is 0.246 e. The van der Waals surface area contributed by atoms with Crippen LogP contribution in [0.2, 0.25) is 0 Å². The molecule has 1 aromatic carbocycles. The molecule has 19 heavy (non-hydrogen) atoms. The van der Waals surface area contributed by atoms with Gasteiger partial charge in [-0.15, -0.1) is 0 Å². The zero-order valence-corrected chi connectivity index (χ0v) is 11.3. The quantitative estimate of drug-likeness (QED) is 0.804. The first-order chi connectivity index (χ1) is 8.98. The molecule has 6 heteroatoms. The number of aliphatic hydroxyl groups excluding tert-OH is 1. The minimum absolute atomic E-state index is 0.0473. The largest absolute Gasteiger partial charge is 0.395 e. The second-order valence-corrected chi connectivity index (χ2v) is 5.57. The van der Waals surface area contributed by atoms with E-state index >= 15 is 0 Å². The van der Waals surface area contributed by atoms with Gasteiger partial charge in [-0.05, 0) is 24.6 Å². The van der Waals surface area contributed by atoms with Crippen LogP contribution in [-0.2, 0) is 10.0 Å². The smallest absolute Gasteiger partial charge is 0.246 e. The van der Waals surface area contributed by atoms with E-state index in [-0.39, 0.29) is 6.61 Å².